The zero-order valence-electron chi connectivity index (χ0n) is 15.0. The fraction of sp³-hybridized carbons (Fsp3) is 0.238. The average Bonchev–Trinajstić information content (AvgIpc) is 3.12. The van der Waals surface area contributed by atoms with Crippen molar-refractivity contribution < 1.29 is 18.0 Å². The number of hydrogen-bond acceptors (Lipinski definition) is 2. The van der Waals surface area contributed by atoms with E-state index >= 15 is 0 Å². The van der Waals surface area contributed by atoms with Crippen molar-refractivity contribution in [1.82, 2.24) is 9.55 Å². The maximum Gasteiger partial charge on any atom is 0.416 e. The molecule has 4 rings (SSSR count). The predicted molar refractivity (Wildman–Crippen MR) is 100.0 cm³/mol. The zero-order valence-corrected chi connectivity index (χ0v) is 15.0. The van der Waals surface area contributed by atoms with E-state index in [1.807, 2.05) is 18.3 Å². The molecule has 7 heteroatoms. The topological polar surface area (TPSA) is 46.9 Å². The number of alkyl halides is 3. The van der Waals surface area contributed by atoms with Crippen LogP contribution in [0.1, 0.15) is 34.6 Å². The lowest BCUT2D eigenvalue weighted by Crippen LogP contribution is -2.13. The molecule has 0 spiro atoms. The minimum absolute atomic E-state index is 0.159. The van der Waals surface area contributed by atoms with E-state index in [2.05, 4.69) is 14.9 Å². The van der Waals surface area contributed by atoms with E-state index in [1.165, 1.54) is 12.1 Å². The van der Waals surface area contributed by atoms with Gasteiger partial charge in [-0.2, -0.15) is 13.2 Å². The minimum Gasteiger partial charge on any atom is -0.334 e. The summed E-state index contributed by atoms with van der Waals surface area (Å²) in [4.78, 5) is 17.2. The van der Waals surface area contributed by atoms with Crippen LogP contribution in [0.3, 0.4) is 0 Å². The summed E-state index contributed by atoms with van der Waals surface area (Å²) in [5.41, 5.74) is 1.51. The van der Waals surface area contributed by atoms with E-state index in [9.17, 15) is 18.0 Å². The van der Waals surface area contributed by atoms with Gasteiger partial charge in [0.25, 0.3) is 5.91 Å². The molecule has 0 saturated heterocycles. The van der Waals surface area contributed by atoms with Gasteiger partial charge < -0.3 is 9.88 Å². The molecule has 0 radical (unpaired) electrons. The Morgan fingerprint density at radius 1 is 1.04 bits per heavy atom. The monoisotopic (exact) mass is 385 g/mol. The van der Waals surface area contributed by atoms with Gasteiger partial charge in [0.05, 0.1) is 16.9 Å². The van der Waals surface area contributed by atoms with Gasteiger partial charge in [0.15, 0.2) is 0 Å². The molecule has 1 N–H and O–H groups in total. The maximum atomic E-state index is 12.7. The third-order valence-electron chi connectivity index (χ3n) is 4.83. The van der Waals surface area contributed by atoms with Crippen LogP contribution in [-0.2, 0) is 19.1 Å². The number of hydrogen-bond donors (Lipinski definition) is 1. The quantitative estimate of drug-likeness (QED) is 0.677. The highest BCUT2D eigenvalue weighted by molar-refractivity contribution is 6.06. The van der Waals surface area contributed by atoms with Crippen LogP contribution < -0.4 is 5.32 Å². The highest BCUT2D eigenvalue weighted by Crippen LogP contribution is 2.31. The molecule has 0 fully saturated rings. The number of carbonyl (C=O) groups is 1. The van der Waals surface area contributed by atoms with Crippen molar-refractivity contribution in [3.63, 3.8) is 0 Å². The molecule has 2 heterocycles. The van der Waals surface area contributed by atoms with Crippen LogP contribution in [0.25, 0.3) is 11.3 Å². The van der Waals surface area contributed by atoms with Crippen LogP contribution in [0.15, 0.2) is 54.7 Å². The highest BCUT2D eigenvalue weighted by Gasteiger charge is 2.30. The lowest BCUT2D eigenvalue weighted by molar-refractivity contribution is -0.137. The Labute approximate surface area is 160 Å². The van der Waals surface area contributed by atoms with E-state index in [1.54, 1.807) is 12.1 Å². The molecule has 1 aromatic heterocycles. The van der Waals surface area contributed by atoms with E-state index in [-0.39, 0.29) is 5.56 Å². The molecular formula is C21H18F3N3O. The van der Waals surface area contributed by atoms with Crippen molar-refractivity contribution in [1.29, 1.82) is 0 Å². The van der Waals surface area contributed by atoms with Crippen LogP contribution in [-0.4, -0.2) is 15.5 Å². The molecule has 1 aliphatic rings. The van der Waals surface area contributed by atoms with Gasteiger partial charge in [-0.1, -0.05) is 18.2 Å². The number of amides is 1. The molecule has 0 atom stereocenters. The first-order valence-electron chi connectivity index (χ1n) is 9.06. The smallest absolute Gasteiger partial charge is 0.334 e. The molecule has 28 heavy (non-hydrogen) atoms. The number of aryl methyl sites for hydroxylation is 2. The number of nitrogens with zero attached hydrogens (tertiary/aromatic N) is 2. The number of para-hydroxylation sites is 1. The third kappa shape index (κ3) is 3.65. The number of benzene rings is 2. The van der Waals surface area contributed by atoms with Crippen molar-refractivity contribution in [2.75, 3.05) is 5.32 Å². The van der Waals surface area contributed by atoms with Crippen LogP contribution in [0.5, 0.6) is 0 Å². The summed E-state index contributed by atoms with van der Waals surface area (Å²) in [7, 11) is 0. The van der Waals surface area contributed by atoms with Crippen molar-refractivity contribution in [2.24, 2.45) is 0 Å². The second-order valence-corrected chi connectivity index (χ2v) is 6.77. The first kappa shape index (κ1) is 18.3. The summed E-state index contributed by atoms with van der Waals surface area (Å²) in [6.07, 6.45) is 0.720. The molecule has 1 aliphatic heterocycles. The summed E-state index contributed by atoms with van der Waals surface area (Å²) < 4.78 is 40.2. The Morgan fingerprint density at radius 3 is 2.50 bits per heavy atom. The summed E-state index contributed by atoms with van der Waals surface area (Å²) >= 11 is 0. The summed E-state index contributed by atoms with van der Waals surface area (Å²) in [5.74, 6) is 0.565. The lowest BCUT2D eigenvalue weighted by Gasteiger charge is -2.11. The minimum atomic E-state index is -4.43. The maximum absolute atomic E-state index is 12.7. The van der Waals surface area contributed by atoms with Gasteiger partial charge >= 0.3 is 6.18 Å². The molecule has 2 aromatic carbocycles. The number of anilines is 1. The Balaban J connectivity index is 1.59. The first-order valence-corrected chi connectivity index (χ1v) is 9.06. The molecule has 0 saturated carbocycles. The number of fused-ring (bicyclic) bond motifs is 1. The molecule has 0 unspecified atom stereocenters. The normalized spacial score (nSPS) is 13.8. The van der Waals surface area contributed by atoms with Crippen molar-refractivity contribution >= 4 is 11.6 Å². The second kappa shape index (κ2) is 7.14. The average molecular weight is 385 g/mol. The second-order valence-electron chi connectivity index (χ2n) is 6.77. The molecular weight excluding hydrogens is 367 g/mol. The third-order valence-corrected chi connectivity index (χ3v) is 4.83. The number of nitrogens with one attached hydrogen (secondary N) is 1. The summed E-state index contributed by atoms with van der Waals surface area (Å²) in [6, 6.07) is 11.5. The van der Waals surface area contributed by atoms with E-state index in [0.29, 0.717) is 5.69 Å². The van der Waals surface area contributed by atoms with E-state index in [0.717, 1.165) is 55.0 Å². The number of rotatable bonds is 3. The van der Waals surface area contributed by atoms with Crippen LogP contribution in [0.4, 0.5) is 18.9 Å². The van der Waals surface area contributed by atoms with Crippen molar-refractivity contribution in [3.8, 4) is 11.3 Å². The standard InChI is InChI=1S/C21H18F3N3O/c22-21(23,24)15-10-8-14(9-11-15)20(28)26-17-6-2-1-5-16(17)18-13-27-12-4-3-7-19(27)25-18/h1-2,5-6,8-11,13H,3-4,7,12H2,(H,26,28). The summed E-state index contributed by atoms with van der Waals surface area (Å²) in [6.45, 7) is 0.933. The van der Waals surface area contributed by atoms with E-state index < -0.39 is 17.6 Å². The van der Waals surface area contributed by atoms with Crippen LogP contribution in [0, 0.1) is 0 Å². The lowest BCUT2D eigenvalue weighted by atomic mass is 10.1. The number of imidazole rings is 1. The molecule has 3 aromatic rings. The Hall–Kier alpha value is -3.09. The largest absolute Gasteiger partial charge is 0.416 e. The molecule has 0 aliphatic carbocycles. The predicted octanol–water partition coefficient (Wildman–Crippen LogP) is 5.16. The van der Waals surface area contributed by atoms with Gasteiger partial charge in [-0.05, 0) is 43.2 Å². The van der Waals surface area contributed by atoms with Gasteiger partial charge in [0, 0.05) is 30.3 Å². The molecule has 0 bridgehead atoms. The highest BCUT2D eigenvalue weighted by atomic mass is 19.4. The molecule has 4 nitrogen and oxygen atoms in total. The summed E-state index contributed by atoms with van der Waals surface area (Å²) in [5, 5.41) is 2.79. The number of carbonyl (C=O) groups excluding carboxylic acids is 1. The fourth-order valence-electron chi connectivity index (χ4n) is 3.36. The number of halogens is 3. The van der Waals surface area contributed by atoms with Gasteiger partial charge in [-0.3, -0.25) is 4.79 Å². The Morgan fingerprint density at radius 2 is 1.79 bits per heavy atom. The molecule has 1 amide bonds. The Kier molecular flexibility index (Phi) is 4.66. The zero-order chi connectivity index (χ0) is 19.7. The van der Waals surface area contributed by atoms with Crippen LogP contribution in [0.2, 0.25) is 0 Å². The van der Waals surface area contributed by atoms with Crippen LogP contribution >= 0.6 is 0 Å². The van der Waals surface area contributed by atoms with Gasteiger partial charge in [0.1, 0.15) is 5.82 Å². The first-order chi connectivity index (χ1) is 13.4. The van der Waals surface area contributed by atoms with Gasteiger partial charge in [0.2, 0.25) is 0 Å². The fourth-order valence-corrected chi connectivity index (χ4v) is 3.36. The molecule has 144 valence electrons. The Bertz CT molecular complexity index is 983. The SMILES string of the molecule is O=C(Nc1ccccc1-c1cn2c(n1)CCCC2)c1ccc(C(F)(F)F)cc1. The van der Waals surface area contributed by atoms with Gasteiger partial charge in [-0.25, -0.2) is 4.98 Å². The van der Waals surface area contributed by atoms with Crippen molar-refractivity contribution in [2.45, 2.75) is 32.0 Å². The van der Waals surface area contributed by atoms with Gasteiger partial charge in [-0.15, -0.1) is 0 Å². The van der Waals surface area contributed by atoms with Crippen molar-refractivity contribution in [3.05, 3.63) is 71.7 Å². The van der Waals surface area contributed by atoms with E-state index in [4.69, 9.17) is 0 Å². The number of aromatic nitrogens is 2.